The Morgan fingerprint density at radius 3 is 2.76 bits per heavy atom. The van der Waals surface area contributed by atoms with Gasteiger partial charge in [-0.1, -0.05) is 31.2 Å². The lowest BCUT2D eigenvalue weighted by Gasteiger charge is -2.29. The van der Waals surface area contributed by atoms with Gasteiger partial charge in [-0.2, -0.15) is 11.8 Å². The number of aromatic nitrogens is 1. The van der Waals surface area contributed by atoms with Gasteiger partial charge in [0.05, 0.1) is 5.69 Å². The van der Waals surface area contributed by atoms with Gasteiger partial charge >= 0.3 is 0 Å². The van der Waals surface area contributed by atoms with Crippen LogP contribution in [0.2, 0.25) is 0 Å². The summed E-state index contributed by atoms with van der Waals surface area (Å²) in [6.45, 7) is 3.04. The van der Waals surface area contributed by atoms with Gasteiger partial charge < -0.3 is 10.2 Å². The van der Waals surface area contributed by atoms with Crippen LogP contribution in [-0.4, -0.2) is 37.1 Å². The standard InChI is InChI=1S/C17H25N3S/c1-5-15(12-21-4)20(3)17-16-9-7-6-8-13(16)10-14(19-17)11-18-2/h6-10,15,18H,5,11-12H2,1-4H3. The molecule has 0 saturated heterocycles. The van der Waals surface area contributed by atoms with E-state index in [0.29, 0.717) is 6.04 Å². The van der Waals surface area contributed by atoms with Crippen LogP contribution in [0.3, 0.4) is 0 Å². The highest BCUT2D eigenvalue weighted by Crippen LogP contribution is 2.27. The van der Waals surface area contributed by atoms with Gasteiger partial charge in [-0.05, 0) is 31.2 Å². The SMILES string of the molecule is CCC(CSC)N(C)c1nc(CNC)cc2ccccc12. The van der Waals surface area contributed by atoms with Crippen molar-refractivity contribution in [2.45, 2.75) is 25.9 Å². The molecular formula is C17H25N3S. The molecule has 0 aliphatic carbocycles. The zero-order valence-electron chi connectivity index (χ0n) is 13.4. The first-order chi connectivity index (χ1) is 10.2. The van der Waals surface area contributed by atoms with Crippen molar-refractivity contribution in [2.24, 2.45) is 0 Å². The van der Waals surface area contributed by atoms with Gasteiger partial charge in [0.1, 0.15) is 5.82 Å². The van der Waals surface area contributed by atoms with E-state index < -0.39 is 0 Å². The normalized spacial score (nSPS) is 12.6. The summed E-state index contributed by atoms with van der Waals surface area (Å²) in [5.74, 6) is 2.22. The molecule has 2 rings (SSSR count). The van der Waals surface area contributed by atoms with Crippen molar-refractivity contribution in [3.63, 3.8) is 0 Å². The molecule has 2 aromatic rings. The Kier molecular flexibility index (Phi) is 5.88. The third-order valence-electron chi connectivity index (χ3n) is 3.84. The fraction of sp³-hybridized carbons (Fsp3) is 0.471. The lowest BCUT2D eigenvalue weighted by atomic mass is 10.1. The van der Waals surface area contributed by atoms with Crippen molar-refractivity contribution < 1.29 is 0 Å². The first-order valence-electron chi connectivity index (χ1n) is 7.46. The molecule has 114 valence electrons. The summed E-state index contributed by atoms with van der Waals surface area (Å²) in [6, 6.07) is 11.2. The second kappa shape index (κ2) is 7.66. The van der Waals surface area contributed by atoms with E-state index in [9.17, 15) is 0 Å². The number of nitrogens with one attached hydrogen (secondary N) is 1. The van der Waals surface area contributed by atoms with Crippen LogP contribution >= 0.6 is 11.8 Å². The van der Waals surface area contributed by atoms with E-state index in [-0.39, 0.29) is 0 Å². The molecule has 0 bridgehead atoms. The van der Waals surface area contributed by atoms with E-state index in [2.05, 4.69) is 60.8 Å². The Balaban J connectivity index is 2.49. The first kappa shape index (κ1) is 16.1. The monoisotopic (exact) mass is 303 g/mol. The van der Waals surface area contributed by atoms with Crippen LogP contribution < -0.4 is 10.2 Å². The molecule has 0 radical (unpaired) electrons. The van der Waals surface area contributed by atoms with Gasteiger partial charge in [0.25, 0.3) is 0 Å². The molecule has 21 heavy (non-hydrogen) atoms. The zero-order valence-corrected chi connectivity index (χ0v) is 14.2. The van der Waals surface area contributed by atoms with Crippen LogP contribution in [0.15, 0.2) is 30.3 Å². The van der Waals surface area contributed by atoms with Crippen molar-refractivity contribution in [1.82, 2.24) is 10.3 Å². The molecule has 1 heterocycles. The van der Waals surface area contributed by atoms with Gasteiger partial charge in [0.2, 0.25) is 0 Å². The highest BCUT2D eigenvalue weighted by molar-refractivity contribution is 7.98. The average Bonchev–Trinajstić information content (AvgIpc) is 2.51. The van der Waals surface area contributed by atoms with Crippen LogP contribution in [0.25, 0.3) is 10.8 Å². The summed E-state index contributed by atoms with van der Waals surface area (Å²) in [5.41, 5.74) is 1.09. The summed E-state index contributed by atoms with van der Waals surface area (Å²) >= 11 is 1.90. The van der Waals surface area contributed by atoms with E-state index >= 15 is 0 Å². The molecular weight excluding hydrogens is 278 g/mol. The highest BCUT2D eigenvalue weighted by atomic mass is 32.2. The highest BCUT2D eigenvalue weighted by Gasteiger charge is 2.17. The summed E-state index contributed by atoms with van der Waals surface area (Å²) in [7, 11) is 4.13. The Hall–Kier alpha value is -1.26. The van der Waals surface area contributed by atoms with Crippen LogP contribution in [0.5, 0.6) is 0 Å². The van der Waals surface area contributed by atoms with Crippen LogP contribution in [-0.2, 0) is 6.54 Å². The number of thioether (sulfide) groups is 1. The average molecular weight is 303 g/mol. The Bertz CT molecular complexity index is 585. The van der Waals surface area contributed by atoms with Crippen molar-refractivity contribution in [3.05, 3.63) is 36.0 Å². The number of hydrogen-bond acceptors (Lipinski definition) is 4. The van der Waals surface area contributed by atoms with E-state index in [1.807, 2.05) is 18.8 Å². The zero-order chi connectivity index (χ0) is 15.2. The van der Waals surface area contributed by atoms with Crippen LogP contribution in [0, 0.1) is 0 Å². The van der Waals surface area contributed by atoms with Gasteiger partial charge in [-0.3, -0.25) is 0 Å². The summed E-state index contributed by atoms with van der Waals surface area (Å²) < 4.78 is 0. The Morgan fingerprint density at radius 2 is 2.10 bits per heavy atom. The molecule has 0 spiro atoms. The lowest BCUT2D eigenvalue weighted by Crippen LogP contribution is -2.34. The minimum absolute atomic E-state index is 0.515. The van der Waals surface area contributed by atoms with Gasteiger partial charge in [-0.15, -0.1) is 0 Å². The number of anilines is 1. The number of pyridine rings is 1. The van der Waals surface area contributed by atoms with Gasteiger partial charge in [-0.25, -0.2) is 4.98 Å². The number of rotatable bonds is 7. The third-order valence-corrected chi connectivity index (χ3v) is 4.56. The van der Waals surface area contributed by atoms with Crippen LogP contribution in [0.1, 0.15) is 19.0 Å². The third kappa shape index (κ3) is 3.69. The van der Waals surface area contributed by atoms with Crippen molar-refractivity contribution in [3.8, 4) is 0 Å². The molecule has 3 nitrogen and oxygen atoms in total. The molecule has 0 amide bonds. The summed E-state index contributed by atoms with van der Waals surface area (Å²) in [5, 5.41) is 5.70. The quantitative estimate of drug-likeness (QED) is 0.847. The van der Waals surface area contributed by atoms with Gasteiger partial charge in [0, 0.05) is 30.8 Å². The number of fused-ring (bicyclic) bond motifs is 1. The second-order valence-electron chi connectivity index (χ2n) is 5.32. The maximum absolute atomic E-state index is 4.90. The maximum atomic E-state index is 4.90. The van der Waals surface area contributed by atoms with E-state index in [1.165, 1.54) is 10.8 Å². The molecule has 1 aromatic heterocycles. The molecule has 0 aliphatic rings. The van der Waals surface area contributed by atoms with E-state index in [4.69, 9.17) is 4.98 Å². The molecule has 0 fully saturated rings. The number of nitrogens with zero attached hydrogens (tertiary/aromatic N) is 2. The molecule has 4 heteroatoms. The topological polar surface area (TPSA) is 28.2 Å². The number of benzene rings is 1. The molecule has 0 aliphatic heterocycles. The first-order valence-corrected chi connectivity index (χ1v) is 8.85. The summed E-state index contributed by atoms with van der Waals surface area (Å²) in [6.07, 6.45) is 3.29. The minimum Gasteiger partial charge on any atom is -0.355 e. The fourth-order valence-electron chi connectivity index (χ4n) is 2.64. The second-order valence-corrected chi connectivity index (χ2v) is 6.23. The molecule has 0 saturated carbocycles. The van der Waals surface area contributed by atoms with E-state index in [0.717, 1.165) is 30.2 Å². The van der Waals surface area contributed by atoms with Crippen molar-refractivity contribution in [2.75, 3.05) is 31.0 Å². The lowest BCUT2D eigenvalue weighted by molar-refractivity contribution is 0.665. The molecule has 1 atom stereocenters. The minimum atomic E-state index is 0.515. The largest absolute Gasteiger partial charge is 0.355 e. The van der Waals surface area contributed by atoms with Crippen molar-refractivity contribution in [1.29, 1.82) is 0 Å². The maximum Gasteiger partial charge on any atom is 0.136 e. The Morgan fingerprint density at radius 1 is 1.33 bits per heavy atom. The van der Waals surface area contributed by atoms with Crippen LogP contribution in [0.4, 0.5) is 5.82 Å². The molecule has 1 unspecified atom stereocenters. The molecule has 1 N–H and O–H groups in total. The van der Waals surface area contributed by atoms with Gasteiger partial charge in [0.15, 0.2) is 0 Å². The smallest absolute Gasteiger partial charge is 0.136 e. The van der Waals surface area contributed by atoms with Crippen molar-refractivity contribution >= 4 is 28.4 Å². The molecule has 1 aromatic carbocycles. The number of hydrogen-bond donors (Lipinski definition) is 1. The fourth-order valence-corrected chi connectivity index (χ4v) is 3.49. The Labute approximate surface area is 132 Å². The summed E-state index contributed by atoms with van der Waals surface area (Å²) in [4.78, 5) is 7.24. The predicted molar refractivity (Wildman–Crippen MR) is 95.4 cm³/mol. The van der Waals surface area contributed by atoms with E-state index in [1.54, 1.807) is 0 Å². The predicted octanol–water partition coefficient (Wildman–Crippen LogP) is 3.53.